The van der Waals surface area contributed by atoms with Crippen LogP contribution < -0.4 is 5.43 Å². The minimum atomic E-state index is -4.80. The number of carbonyl (C=O) groups excluding carboxylic acids is 1. The fourth-order valence-electron chi connectivity index (χ4n) is 2.30. The lowest BCUT2D eigenvalue weighted by Crippen LogP contribution is -2.30. The van der Waals surface area contributed by atoms with E-state index in [0.717, 1.165) is 17.5 Å². The molecule has 0 atom stereocenters. The van der Waals surface area contributed by atoms with Crippen LogP contribution in [0.15, 0.2) is 34.7 Å². The highest BCUT2D eigenvalue weighted by atomic mass is 32.1. The Balaban J connectivity index is 2.06. The summed E-state index contributed by atoms with van der Waals surface area (Å²) in [6, 6.07) is 3.78. The van der Waals surface area contributed by atoms with Gasteiger partial charge in [0.25, 0.3) is 0 Å². The molecule has 4 nitrogen and oxygen atoms in total. The van der Waals surface area contributed by atoms with Gasteiger partial charge in [-0.15, -0.1) is 11.3 Å². The molecule has 0 aliphatic carbocycles. The van der Waals surface area contributed by atoms with E-state index in [1.54, 1.807) is 0 Å². The molecule has 0 unspecified atom stereocenters. The minimum absolute atomic E-state index is 0.0346. The maximum Gasteiger partial charge on any atom is 0.428 e. The summed E-state index contributed by atoms with van der Waals surface area (Å²) in [6.45, 7) is -0.320. The lowest BCUT2D eigenvalue weighted by atomic mass is 9.97. The van der Waals surface area contributed by atoms with Gasteiger partial charge in [-0.2, -0.15) is 31.4 Å². The van der Waals surface area contributed by atoms with E-state index in [2.05, 4.69) is 9.84 Å². The zero-order chi connectivity index (χ0) is 19.1. The molecule has 1 amide bonds. The van der Waals surface area contributed by atoms with Crippen LogP contribution in [-0.4, -0.2) is 18.4 Å². The number of cyclic esters (lactones) is 1. The van der Waals surface area contributed by atoms with E-state index in [4.69, 9.17) is 0 Å². The van der Waals surface area contributed by atoms with Crippen molar-refractivity contribution in [1.29, 1.82) is 0 Å². The number of nitrogens with one attached hydrogen (secondary N) is 1. The van der Waals surface area contributed by atoms with Gasteiger partial charge < -0.3 is 4.74 Å². The molecule has 0 bridgehead atoms. The lowest BCUT2D eigenvalue weighted by Gasteiger charge is -2.17. The van der Waals surface area contributed by atoms with Crippen molar-refractivity contribution in [3.05, 3.63) is 45.6 Å². The Labute approximate surface area is 146 Å². The first-order valence-electron chi connectivity index (χ1n) is 6.93. The van der Waals surface area contributed by atoms with Crippen molar-refractivity contribution in [3.8, 4) is 11.1 Å². The van der Waals surface area contributed by atoms with Crippen molar-refractivity contribution >= 4 is 23.1 Å². The number of benzene rings is 1. The molecule has 0 radical (unpaired) electrons. The molecule has 1 aliphatic heterocycles. The summed E-state index contributed by atoms with van der Waals surface area (Å²) >= 11 is 0.320. The lowest BCUT2D eigenvalue weighted by molar-refractivity contribution is -0.137. The van der Waals surface area contributed by atoms with Crippen molar-refractivity contribution < 1.29 is 35.9 Å². The number of amides is 1. The van der Waals surface area contributed by atoms with E-state index in [1.807, 2.05) is 5.43 Å². The number of hydrogen-bond acceptors (Lipinski definition) is 4. The Kier molecular flexibility index (Phi) is 4.42. The van der Waals surface area contributed by atoms with Crippen molar-refractivity contribution in [1.82, 2.24) is 5.43 Å². The van der Waals surface area contributed by atoms with E-state index in [1.165, 1.54) is 6.07 Å². The molecule has 1 aliphatic rings. The number of rotatable bonds is 2. The second-order valence-corrected chi connectivity index (χ2v) is 6.11. The predicted octanol–water partition coefficient (Wildman–Crippen LogP) is 4.90. The van der Waals surface area contributed by atoms with Gasteiger partial charge in [-0.3, -0.25) is 0 Å². The van der Waals surface area contributed by atoms with Crippen molar-refractivity contribution in [3.63, 3.8) is 0 Å². The molecule has 1 aromatic heterocycles. The number of hydrogen-bond donors (Lipinski definition) is 1. The van der Waals surface area contributed by atoms with Crippen LogP contribution in [0.3, 0.4) is 0 Å². The Morgan fingerprint density at radius 1 is 1.04 bits per heavy atom. The van der Waals surface area contributed by atoms with Gasteiger partial charge in [-0.05, 0) is 28.6 Å². The Bertz CT molecular complexity index is 885. The molecule has 0 fully saturated rings. The van der Waals surface area contributed by atoms with Gasteiger partial charge in [0, 0.05) is 5.56 Å². The number of alkyl halides is 6. The average Bonchev–Trinajstić information content (AvgIpc) is 3.04. The van der Waals surface area contributed by atoms with Crippen LogP contribution in [0.2, 0.25) is 0 Å². The Morgan fingerprint density at radius 3 is 2.31 bits per heavy atom. The number of nitrogens with zero attached hydrogens (tertiary/aromatic N) is 1. The summed E-state index contributed by atoms with van der Waals surface area (Å²) in [5.74, 6) is 0. The van der Waals surface area contributed by atoms with Crippen LogP contribution in [-0.2, 0) is 17.1 Å². The van der Waals surface area contributed by atoms with E-state index < -0.39 is 28.9 Å². The second kappa shape index (κ2) is 6.31. The maximum atomic E-state index is 13.4. The highest BCUT2D eigenvalue weighted by molar-refractivity contribution is 7.10. The zero-order valence-electron chi connectivity index (χ0n) is 12.5. The van der Waals surface area contributed by atoms with E-state index in [-0.39, 0.29) is 29.0 Å². The summed E-state index contributed by atoms with van der Waals surface area (Å²) in [5, 5.41) is 4.64. The molecule has 2 aromatic rings. The molecule has 2 heterocycles. The van der Waals surface area contributed by atoms with Gasteiger partial charge in [-0.1, -0.05) is 12.1 Å². The van der Waals surface area contributed by atoms with Gasteiger partial charge in [0.15, 0.2) is 0 Å². The zero-order valence-corrected chi connectivity index (χ0v) is 13.4. The summed E-state index contributed by atoms with van der Waals surface area (Å²) in [7, 11) is 0. The number of hydrazone groups is 1. The standard InChI is InChI=1S/C15H8F6N2O2S/c16-14(17,18)10-3-7(11-5-25-13(24)23-22-11)1-2-9(10)8-4-12(26-6-8)15(19,20)21/h1-4,6H,5H2,(H,23,24). The summed E-state index contributed by atoms with van der Waals surface area (Å²) in [4.78, 5) is 9.89. The quantitative estimate of drug-likeness (QED) is 0.737. The van der Waals surface area contributed by atoms with Crippen LogP contribution in [0.1, 0.15) is 16.0 Å². The maximum absolute atomic E-state index is 13.4. The number of ether oxygens (including phenoxy) is 1. The highest BCUT2D eigenvalue weighted by Crippen LogP contribution is 2.42. The van der Waals surface area contributed by atoms with Gasteiger partial charge >= 0.3 is 18.4 Å². The largest absolute Gasteiger partial charge is 0.442 e. The minimum Gasteiger partial charge on any atom is -0.442 e. The molecule has 1 aromatic carbocycles. The fourth-order valence-corrected chi connectivity index (χ4v) is 3.07. The second-order valence-electron chi connectivity index (χ2n) is 5.20. The smallest absolute Gasteiger partial charge is 0.428 e. The predicted molar refractivity (Wildman–Crippen MR) is 80.8 cm³/mol. The van der Waals surface area contributed by atoms with Gasteiger partial charge in [0.1, 0.15) is 17.2 Å². The monoisotopic (exact) mass is 394 g/mol. The molecule has 26 heavy (non-hydrogen) atoms. The third-order valence-corrected chi connectivity index (χ3v) is 4.45. The topological polar surface area (TPSA) is 50.7 Å². The number of halogens is 6. The van der Waals surface area contributed by atoms with Crippen LogP contribution in [0.25, 0.3) is 11.1 Å². The van der Waals surface area contributed by atoms with E-state index in [0.29, 0.717) is 17.4 Å². The fraction of sp³-hybridized carbons (Fsp3) is 0.200. The first-order chi connectivity index (χ1) is 12.1. The summed E-state index contributed by atoms with van der Waals surface area (Å²) < 4.78 is 83.1. The van der Waals surface area contributed by atoms with Gasteiger partial charge in [0.2, 0.25) is 0 Å². The molecule has 0 saturated carbocycles. The van der Waals surface area contributed by atoms with E-state index in [9.17, 15) is 31.1 Å². The molecule has 11 heteroatoms. The number of thiophene rings is 1. The molecule has 138 valence electrons. The SMILES string of the molecule is O=C1NN=C(c2ccc(-c3csc(C(F)(F)F)c3)c(C(F)(F)F)c2)CO1. The molecule has 0 spiro atoms. The van der Waals surface area contributed by atoms with E-state index >= 15 is 0 Å². The molecular formula is C15H8F6N2O2S. The van der Waals surface area contributed by atoms with Gasteiger partial charge in [-0.25, -0.2) is 10.2 Å². The van der Waals surface area contributed by atoms with Gasteiger partial charge in [0.05, 0.1) is 5.56 Å². The van der Waals surface area contributed by atoms with Crippen LogP contribution in [0.5, 0.6) is 0 Å². The van der Waals surface area contributed by atoms with Crippen LogP contribution in [0.4, 0.5) is 31.1 Å². The first kappa shape index (κ1) is 18.2. The molecule has 1 N–H and O–H groups in total. The molecule has 3 rings (SSSR count). The van der Waals surface area contributed by atoms with Crippen LogP contribution in [0, 0.1) is 0 Å². The van der Waals surface area contributed by atoms with Crippen LogP contribution >= 0.6 is 11.3 Å². The third kappa shape index (κ3) is 3.66. The Hall–Kier alpha value is -2.56. The molecule has 0 saturated heterocycles. The molecular weight excluding hydrogens is 386 g/mol. The third-order valence-electron chi connectivity index (χ3n) is 3.47. The first-order valence-corrected chi connectivity index (χ1v) is 7.81. The summed E-state index contributed by atoms with van der Waals surface area (Å²) in [5.41, 5.74) is 0.396. The summed E-state index contributed by atoms with van der Waals surface area (Å²) in [6.07, 6.45) is -10.3. The average molecular weight is 394 g/mol. The number of carbonyl (C=O) groups is 1. The van der Waals surface area contributed by atoms with Crippen molar-refractivity contribution in [2.24, 2.45) is 5.10 Å². The Morgan fingerprint density at radius 2 is 1.77 bits per heavy atom. The van der Waals surface area contributed by atoms with Crippen molar-refractivity contribution in [2.75, 3.05) is 6.61 Å². The highest BCUT2D eigenvalue weighted by Gasteiger charge is 2.36. The van der Waals surface area contributed by atoms with Crippen molar-refractivity contribution in [2.45, 2.75) is 12.4 Å². The normalized spacial score (nSPS) is 15.3.